The monoisotopic (exact) mass is 316 g/mol. The molecule has 0 heterocycles. The second kappa shape index (κ2) is 5.87. The Morgan fingerprint density at radius 1 is 1.15 bits per heavy atom. The Balaban J connectivity index is 4.00. The Morgan fingerprint density at radius 2 is 1.69 bits per heavy atom. The number of halogens is 1. The third-order valence-corrected chi connectivity index (χ3v) is 3.62. The molecule has 0 fully saturated rings. The molecule has 0 saturated heterocycles. The van der Waals surface area contributed by atoms with Crippen LogP contribution in [-0.2, 0) is 4.52 Å². The molecule has 13 heavy (non-hydrogen) atoms. The molecule has 0 radical (unpaired) electrons. The summed E-state index contributed by atoms with van der Waals surface area (Å²) < 4.78 is 5.50. The van der Waals surface area contributed by atoms with Crippen molar-refractivity contribution in [1.29, 1.82) is 0 Å². The molecule has 0 aliphatic heterocycles. The summed E-state index contributed by atoms with van der Waals surface area (Å²) in [6.45, 7) is 13.0. The largest absolute Gasteiger partial charge is 0.351 e. The van der Waals surface area contributed by atoms with Crippen LogP contribution in [0.1, 0.15) is 47.5 Å². The van der Waals surface area contributed by atoms with Crippen molar-refractivity contribution in [2.45, 2.75) is 47.5 Å². The minimum absolute atomic E-state index is 0.317. The van der Waals surface area contributed by atoms with Crippen LogP contribution in [0.25, 0.3) is 0 Å². The Kier molecular flexibility index (Phi) is 6.38. The van der Waals surface area contributed by atoms with Crippen molar-refractivity contribution < 1.29 is 4.52 Å². The molecular formula is C10H22IOP. The van der Waals surface area contributed by atoms with E-state index in [9.17, 15) is 0 Å². The average Bonchev–Trinajstić information content (AvgIpc) is 1.99. The van der Waals surface area contributed by atoms with Crippen molar-refractivity contribution in [3.63, 3.8) is 0 Å². The smallest absolute Gasteiger partial charge is 0.0793 e. The van der Waals surface area contributed by atoms with Crippen molar-refractivity contribution in [2.24, 2.45) is 10.8 Å². The molecule has 80 valence electrons. The van der Waals surface area contributed by atoms with Crippen LogP contribution in [0.15, 0.2) is 0 Å². The van der Waals surface area contributed by atoms with Crippen LogP contribution in [-0.4, -0.2) is 6.61 Å². The molecular weight excluding hydrogens is 294 g/mol. The molecule has 1 nitrogen and oxygen atoms in total. The molecule has 0 aromatic heterocycles. The lowest BCUT2D eigenvalue weighted by molar-refractivity contribution is 0.126. The summed E-state index contributed by atoms with van der Waals surface area (Å²) in [5.74, 6) is 0. The highest BCUT2D eigenvalue weighted by atomic mass is 127. The molecule has 0 bridgehead atoms. The minimum atomic E-state index is 0.317. The molecule has 0 aliphatic rings. The lowest BCUT2D eigenvalue weighted by atomic mass is 9.74. The normalized spacial score (nSPS) is 14.3. The highest BCUT2D eigenvalue weighted by molar-refractivity contribution is 14.2. The summed E-state index contributed by atoms with van der Waals surface area (Å²) in [5, 5.41) is 0. The fraction of sp³-hybridized carbons (Fsp3) is 1.00. The number of hydrogen-bond acceptors (Lipinski definition) is 1. The van der Waals surface area contributed by atoms with Crippen molar-refractivity contribution >= 4 is 28.5 Å². The highest BCUT2D eigenvalue weighted by Gasteiger charge is 2.27. The number of rotatable bonds is 6. The Bertz CT molecular complexity index is 146. The second-order valence-corrected chi connectivity index (χ2v) is 6.99. The predicted octanol–water partition coefficient (Wildman–Crippen LogP) is 4.80. The first-order chi connectivity index (χ1) is 5.83. The highest BCUT2D eigenvalue weighted by Crippen LogP contribution is 2.37. The summed E-state index contributed by atoms with van der Waals surface area (Å²) in [6.07, 6.45) is 2.47. The van der Waals surface area contributed by atoms with Gasteiger partial charge in [0.2, 0.25) is 0 Å². The van der Waals surface area contributed by atoms with Gasteiger partial charge in [-0.1, -0.05) is 41.0 Å². The molecule has 0 rings (SSSR count). The fourth-order valence-electron chi connectivity index (χ4n) is 1.69. The van der Waals surface area contributed by atoms with Crippen molar-refractivity contribution in [1.82, 2.24) is 0 Å². The molecule has 0 spiro atoms. The Morgan fingerprint density at radius 3 is 2.08 bits per heavy atom. The molecule has 3 heteroatoms. The lowest BCUT2D eigenvalue weighted by Crippen LogP contribution is -2.26. The standard InChI is InChI=1S/C10H22IOP/c1-6-9(2,3)7-10(4,5)8-12-13-11/h13H,6-8H2,1-5H3. The molecule has 1 unspecified atom stereocenters. The van der Waals surface area contributed by atoms with E-state index >= 15 is 0 Å². The van der Waals surface area contributed by atoms with Crippen LogP contribution in [0.2, 0.25) is 0 Å². The SMILES string of the molecule is CCC(C)(C)CC(C)(C)COPI. The zero-order chi connectivity index (χ0) is 10.5. The lowest BCUT2D eigenvalue weighted by Gasteiger charge is -2.33. The zero-order valence-corrected chi connectivity index (χ0v) is 12.6. The van der Waals surface area contributed by atoms with Crippen LogP contribution in [0.3, 0.4) is 0 Å². The van der Waals surface area contributed by atoms with Crippen LogP contribution in [0, 0.1) is 10.8 Å². The van der Waals surface area contributed by atoms with E-state index in [4.69, 9.17) is 4.52 Å². The van der Waals surface area contributed by atoms with Gasteiger partial charge in [0.05, 0.1) is 13.1 Å². The van der Waals surface area contributed by atoms with E-state index in [0.29, 0.717) is 17.3 Å². The first-order valence-electron chi connectivity index (χ1n) is 4.80. The van der Waals surface area contributed by atoms with Gasteiger partial charge in [0, 0.05) is 0 Å². The Labute approximate surface area is 97.7 Å². The molecule has 0 aromatic rings. The van der Waals surface area contributed by atoms with Gasteiger partial charge in [0.1, 0.15) is 0 Å². The molecule has 1 atom stereocenters. The van der Waals surface area contributed by atoms with E-state index in [1.54, 1.807) is 0 Å². The molecule has 0 N–H and O–H groups in total. The van der Waals surface area contributed by atoms with E-state index < -0.39 is 0 Å². The van der Waals surface area contributed by atoms with Gasteiger partial charge in [-0.3, -0.25) is 0 Å². The number of hydrogen-bond donors (Lipinski definition) is 0. The third kappa shape index (κ3) is 7.10. The second-order valence-electron chi connectivity index (χ2n) is 5.22. The Hall–Kier alpha value is 1.12. The maximum atomic E-state index is 5.50. The first kappa shape index (κ1) is 14.1. The van der Waals surface area contributed by atoms with Crippen molar-refractivity contribution in [2.75, 3.05) is 6.61 Å². The van der Waals surface area contributed by atoms with Gasteiger partial charge in [-0.15, -0.1) is 0 Å². The van der Waals surface area contributed by atoms with E-state index in [2.05, 4.69) is 56.7 Å². The van der Waals surface area contributed by atoms with Gasteiger partial charge in [0.25, 0.3) is 0 Å². The van der Waals surface area contributed by atoms with Gasteiger partial charge >= 0.3 is 0 Å². The van der Waals surface area contributed by atoms with Crippen molar-refractivity contribution in [3.05, 3.63) is 0 Å². The summed E-state index contributed by atoms with van der Waals surface area (Å²) in [6, 6.07) is 0. The van der Waals surface area contributed by atoms with Crippen LogP contribution >= 0.6 is 28.5 Å². The van der Waals surface area contributed by atoms with Gasteiger partial charge in [-0.05, 0) is 39.3 Å². The van der Waals surface area contributed by atoms with Gasteiger partial charge in [-0.25, -0.2) is 0 Å². The average molecular weight is 316 g/mol. The maximum absolute atomic E-state index is 5.50. The van der Waals surface area contributed by atoms with Gasteiger partial charge < -0.3 is 4.52 Å². The topological polar surface area (TPSA) is 9.23 Å². The summed E-state index contributed by atoms with van der Waals surface area (Å²) in [7, 11) is 0. The van der Waals surface area contributed by atoms with Crippen molar-refractivity contribution in [3.8, 4) is 0 Å². The quantitative estimate of drug-likeness (QED) is 0.505. The fourth-order valence-corrected chi connectivity index (χ4v) is 2.61. The molecule has 0 aliphatic carbocycles. The van der Waals surface area contributed by atoms with Crippen LogP contribution in [0.5, 0.6) is 0 Å². The molecule has 0 saturated carbocycles. The van der Waals surface area contributed by atoms with E-state index in [1.807, 2.05) is 0 Å². The summed E-state index contributed by atoms with van der Waals surface area (Å²) in [5.41, 5.74) is 0.763. The first-order valence-corrected chi connectivity index (χ1v) is 8.83. The van der Waals surface area contributed by atoms with E-state index in [1.165, 1.54) is 12.8 Å². The summed E-state index contributed by atoms with van der Waals surface area (Å²) in [4.78, 5) is 0. The third-order valence-electron chi connectivity index (χ3n) is 2.43. The van der Waals surface area contributed by atoms with Crippen LogP contribution < -0.4 is 0 Å². The molecule has 0 aromatic carbocycles. The van der Waals surface area contributed by atoms with Gasteiger partial charge in [0.15, 0.2) is 0 Å². The summed E-state index contributed by atoms with van der Waals surface area (Å²) >= 11 is 2.28. The molecule has 0 amide bonds. The van der Waals surface area contributed by atoms with E-state index in [-0.39, 0.29) is 0 Å². The maximum Gasteiger partial charge on any atom is 0.0793 e. The van der Waals surface area contributed by atoms with E-state index in [0.717, 1.165) is 6.61 Å². The van der Waals surface area contributed by atoms with Crippen LogP contribution in [0.4, 0.5) is 0 Å². The minimum Gasteiger partial charge on any atom is -0.351 e. The van der Waals surface area contributed by atoms with Gasteiger partial charge in [-0.2, -0.15) is 0 Å². The zero-order valence-electron chi connectivity index (χ0n) is 9.41. The predicted molar refractivity (Wildman–Crippen MR) is 70.8 cm³/mol.